The Kier molecular flexibility index (Phi) is 5.92. The normalized spacial score (nSPS) is 16.8. The van der Waals surface area contributed by atoms with Crippen LogP contribution in [0, 0.1) is 4.84 Å². The second kappa shape index (κ2) is 8.29. The molecule has 0 radical (unpaired) electrons. The molecule has 1 aromatic carbocycles. The summed E-state index contributed by atoms with van der Waals surface area (Å²) in [5.41, 5.74) is 1.31. The molecule has 0 spiro atoms. The molecule has 4 rings (SSSR count). The molecular weight excluding hydrogens is 428 g/mol. The third kappa shape index (κ3) is 4.32. The molecule has 7 nitrogen and oxygen atoms in total. The van der Waals surface area contributed by atoms with Crippen LogP contribution >= 0.6 is 23.6 Å². The highest BCUT2D eigenvalue weighted by Crippen LogP contribution is 2.24. The van der Waals surface area contributed by atoms with E-state index in [2.05, 4.69) is 27.3 Å². The summed E-state index contributed by atoms with van der Waals surface area (Å²) in [6.07, 6.45) is 0. The highest BCUT2D eigenvalue weighted by Gasteiger charge is 2.22. The highest BCUT2D eigenvalue weighted by atomic mass is 32.2. The van der Waals surface area contributed by atoms with Gasteiger partial charge in [0.15, 0.2) is 5.58 Å². The minimum absolute atomic E-state index is 0.236. The summed E-state index contributed by atoms with van der Waals surface area (Å²) in [5, 5.41) is 2.11. The zero-order valence-electron chi connectivity index (χ0n) is 16.4. The summed E-state index contributed by atoms with van der Waals surface area (Å²) in [6.45, 7) is 5.41. The third-order valence-corrected chi connectivity index (χ3v) is 8.16. The van der Waals surface area contributed by atoms with Crippen LogP contribution in [0.5, 0.6) is 0 Å². The fourth-order valence-corrected chi connectivity index (χ4v) is 5.37. The molecular formula is C19H24N4O3S3. The van der Waals surface area contributed by atoms with Crippen molar-refractivity contribution in [2.24, 2.45) is 0 Å². The van der Waals surface area contributed by atoms with Gasteiger partial charge in [-0.25, -0.2) is 12.7 Å². The number of piperazine rings is 1. The topological polar surface area (TPSA) is 61.9 Å². The Hall–Kier alpha value is -1.56. The Bertz CT molecular complexity index is 1140. The summed E-state index contributed by atoms with van der Waals surface area (Å²) >= 11 is 7.20. The fraction of sp³-hybridized carbons (Fsp3) is 0.421. The van der Waals surface area contributed by atoms with Crippen LogP contribution in [-0.2, 0) is 23.2 Å². The SMILES string of the molecule is CN(C)S(=O)(=O)c1ccc2oc(=S)n(CN3CCN(Cc4cccs4)CC3)c2c1. The van der Waals surface area contributed by atoms with Crippen molar-refractivity contribution in [3.8, 4) is 0 Å². The Labute approximate surface area is 179 Å². The summed E-state index contributed by atoms with van der Waals surface area (Å²) < 4.78 is 33.8. The van der Waals surface area contributed by atoms with Gasteiger partial charge in [-0.05, 0) is 41.9 Å². The van der Waals surface area contributed by atoms with E-state index in [1.807, 2.05) is 4.57 Å². The lowest BCUT2D eigenvalue weighted by molar-refractivity contribution is 0.103. The molecule has 0 saturated carbocycles. The van der Waals surface area contributed by atoms with Crippen molar-refractivity contribution in [2.45, 2.75) is 18.1 Å². The van der Waals surface area contributed by atoms with Crippen LogP contribution in [0.4, 0.5) is 0 Å². The van der Waals surface area contributed by atoms with Gasteiger partial charge in [0, 0.05) is 51.7 Å². The van der Waals surface area contributed by atoms with E-state index in [0.29, 0.717) is 22.6 Å². The van der Waals surface area contributed by atoms with E-state index in [4.69, 9.17) is 16.6 Å². The van der Waals surface area contributed by atoms with E-state index >= 15 is 0 Å². The zero-order chi connectivity index (χ0) is 20.6. The van der Waals surface area contributed by atoms with Gasteiger partial charge in [-0.2, -0.15) is 0 Å². The first kappa shape index (κ1) is 20.7. The minimum Gasteiger partial charge on any atom is -0.429 e. The molecule has 0 N–H and O–H groups in total. The van der Waals surface area contributed by atoms with E-state index in [1.165, 1.54) is 23.3 Å². The molecule has 3 heterocycles. The van der Waals surface area contributed by atoms with Gasteiger partial charge in [-0.3, -0.25) is 14.4 Å². The Morgan fingerprint density at radius 3 is 2.52 bits per heavy atom. The van der Waals surface area contributed by atoms with Crippen LogP contribution < -0.4 is 0 Å². The molecule has 0 atom stereocenters. The molecule has 1 saturated heterocycles. The van der Waals surface area contributed by atoms with Crippen LogP contribution in [-0.4, -0.2) is 67.4 Å². The maximum atomic E-state index is 12.5. The van der Waals surface area contributed by atoms with Gasteiger partial charge in [0.05, 0.1) is 17.1 Å². The van der Waals surface area contributed by atoms with Crippen LogP contribution in [0.2, 0.25) is 0 Å². The number of hydrogen-bond donors (Lipinski definition) is 0. The zero-order valence-corrected chi connectivity index (χ0v) is 18.9. The van der Waals surface area contributed by atoms with Gasteiger partial charge in [0.2, 0.25) is 10.0 Å². The summed E-state index contributed by atoms with van der Waals surface area (Å²) in [6, 6.07) is 9.15. The number of sulfonamides is 1. The van der Waals surface area contributed by atoms with E-state index in [1.54, 1.807) is 29.5 Å². The molecule has 0 amide bonds. The lowest BCUT2D eigenvalue weighted by atomic mass is 10.3. The Morgan fingerprint density at radius 1 is 1.14 bits per heavy atom. The first-order valence-electron chi connectivity index (χ1n) is 9.37. The molecule has 1 aliphatic rings. The predicted molar refractivity (Wildman–Crippen MR) is 117 cm³/mol. The van der Waals surface area contributed by atoms with Gasteiger partial charge in [0.25, 0.3) is 4.84 Å². The number of fused-ring (bicyclic) bond motifs is 1. The average Bonchev–Trinajstić information content (AvgIpc) is 3.30. The second-order valence-electron chi connectivity index (χ2n) is 7.33. The minimum atomic E-state index is -3.52. The standard InChI is InChI=1S/C19H24N4O3S3/c1-20(2)29(24,25)16-5-6-18-17(12-16)23(19(27)26-18)14-22-9-7-21(8-10-22)13-15-4-3-11-28-15/h3-6,11-12H,7-10,13-14H2,1-2H3. The molecule has 3 aromatic rings. The molecule has 1 fully saturated rings. The second-order valence-corrected chi connectivity index (χ2v) is 10.9. The fourth-order valence-electron chi connectivity index (χ4n) is 3.46. The lowest BCUT2D eigenvalue weighted by Gasteiger charge is -2.34. The first-order valence-corrected chi connectivity index (χ1v) is 12.1. The number of thiophene rings is 1. The van der Waals surface area contributed by atoms with E-state index < -0.39 is 10.0 Å². The average molecular weight is 453 g/mol. The predicted octanol–water partition coefficient (Wildman–Crippen LogP) is 3.05. The van der Waals surface area contributed by atoms with Crippen molar-refractivity contribution in [3.05, 3.63) is 45.4 Å². The number of rotatable bonds is 6. The molecule has 0 bridgehead atoms. The van der Waals surface area contributed by atoms with Crippen LogP contribution in [0.1, 0.15) is 4.88 Å². The molecule has 10 heteroatoms. The number of aromatic nitrogens is 1. The smallest absolute Gasteiger partial charge is 0.270 e. The third-order valence-electron chi connectivity index (χ3n) is 5.18. The summed E-state index contributed by atoms with van der Waals surface area (Å²) in [5.74, 6) is 0. The highest BCUT2D eigenvalue weighted by molar-refractivity contribution is 7.89. The van der Waals surface area contributed by atoms with Crippen molar-refractivity contribution in [3.63, 3.8) is 0 Å². The molecule has 1 aliphatic heterocycles. The van der Waals surface area contributed by atoms with Crippen molar-refractivity contribution >= 4 is 44.7 Å². The molecule has 0 aliphatic carbocycles. The Balaban J connectivity index is 1.51. The van der Waals surface area contributed by atoms with Gasteiger partial charge in [0.1, 0.15) is 0 Å². The van der Waals surface area contributed by atoms with Crippen molar-refractivity contribution in [1.82, 2.24) is 18.7 Å². The number of oxazole rings is 1. The summed E-state index contributed by atoms with van der Waals surface area (Å²) in [4.78, 5) is 6.76. The number of nitrogens with zero attached hydrogens (tertiary/aromatic N) is 4. The summed E-state index contributed by atoms with van der Waals surface area (Å²) in [7, 11) is -0.466. The number of benzene rings is 1. The maximum absolute atomic E-state index is 12.5. The maximum Gasteiger partial charge on any atom is 0.270 e. The first-order chi connectivity index (χ1) is 13.8. The molecule has 156 valence electrons. The molecule has 29 heavy (non-hydrogen) atoms. The molecule has 0 unspecified atom stereocenters. The van der Waals surface area contributed by atoms with E-state index in [9.17, 15) is 8.42 Å². The van der Waals surface area contributed by atoms with E-state index in [-0.39, 0.29) is 4.90 Å². The van der Waals surface area contributed by atoms with Crippen LogP contribution in [0.15, 0.2) is 45.0 Å². The van der Waals surface area contributed by atoms with Gasteiger partial charge < -0.3 is 4.42 Å². The quantitative estimate of drug-likeness (QED) is 0.536. The lowest BCUT2D eigenvalue weighted by Crippen LogP contribution is -2.46. The van der Waals surface area contributed by atoms with Gasteiger partial charge in [-0.15, -0.1) is 11.3 Å². The van der Waals surface area contributed by atoms with Crippen molar-refractivity contribution in [1.29, 1.82) is 0 Å². The van der Waals surface area contributed by atoms with Crippen LogP contribution in [0.3, 0.4) is 0 Å². The Morgan fingerprint density at radius 2 is 1.86 bits per heavy atom. The van der Waals surface area contributed by atoms with E-state index in [0.717, 1.165) is 32.7 Å². The van der Waals surface area contributed by atoms with Crippen LogP contribution in [0.25, 0.3) is 11.1 Å². The van der Waals surface area contributed by atoms with Crippen molar-refractivity contribution < 1.29 is 12.8 Å². The number of hydrogen-bond acceptors (Lipinski definition) is 7. The molecule has 2 aromatic heterocycles. The van der Waals surface area contributed by atoms with Gasteiger partial charge in [-0.1, -0.05) is 6.07 Å². The largest absolute Gasteiger partial charge is 0.429 e. The van der Waals surface area contributed by atoms with Gasteiger partial charge >= 0.3 is 0 Å². The monoisotopic (exact) mass is 452 g/mol. The van der Waals surface area contributed by atoms with Crippen molar-refractivity contribution in [2.75, 3.05) is 40.3 Å².